The van der Waals surface area contributed by atoms with Crippen LogP contribution in [0.15, 0.2) is 42.5 Å². The van der Waals surface area contributed by atoms with Gasteiger partial charge >= 0.3 is 0 Å². The molecule has 0 heterocycles. The molecule has 1 saturated carbocycles. The van der Waals surface area contributed by atoms with E-state index < -0.39 is 11.6 Å². The van der Waals surface area contributed by atoms with Crippen LogP contribution in [0.4, 0.5) is 8.78 Å². The van der Waals surface area contributed by atoms with Crippen LogP contribution in [0.25, 0.3) is 11.1 Å². The van der Waals surface area contributed by atoms with Gasteiger partial charge in [0.15, 0.2) is 11.6 Å². The van der Waals surface area contributed by atoms with Gasteiger partial charge in [0.05, 0.1) is 6.61 Å². The summed E-state index contributed by atoms with van der Waals surface area (Å²) < 4.78 is 34.9. The van der Waals surface area contributed by atoms with Crippen LogP contribution in [0, 0.1) is 17.6 Å². The molecule has 4 heteroatoms. The SMILES string of the molecule is COCCc1cc(-c2ccc([C@]34C=CC(CC3)C4)c(F)c2F)ccc1O. The molecule has 26 heavy (non-hydrogen) atoms. The van der Waals surface area contributed by atoms with Crippen molar-refractivity contribution < 1.29 is 18.6 Å². The molecule has 0 aliphatic heterocycles. The van der Waals surface area contributed by atoms with Crippen molar-refractivity contribution in [1.82, 2.24) is 0 Å². The van der Waals surface area contributed by atoms with Gasteiger partial charge in [0.25, 0.3) is 0 Å². The Hall–Kier alpha value is -2.20. The van der Waals surface area contributed by atoms with Gasteiger partial charge in [-0.3, -0.25) is 0 Å². The molecule has 0 aromatic heterocycles. The van der Waals surface area contributed by atoms with Crippen LogP contribution in [0.5, 0.6) is 5.75 Å². The minimum absolute atomic E-state index is 0.135. The number of fused-ring (bicyclic) bond motifs is 2. The highest BCUT2D eigenvalue weighted by Gasteiger charge is 2.44. The molecule has 2 atom stereocenters. The summed E-state index contributed by atoms with van der Waals surface area (Å²) in [6.45, 7) is 0.447. The number of hydrogen-bond acceptors (Lipinski definition) is 2. The lowest BCUT2D eigenvalue weighted by molar-refractivity contribution is 0.201. The topological polar surface area (TPSA) is 29.5 Å². The largest absolute Gasteiger partial charge is 0.508 e. The molecule has 4 rings (SSSR count). The number of rotatable bonds is 5. The fraction of sp³-hybridized carbons (Fsp3) is 0.364. The molecule has 0 spiro atoms. The quantitative estimate of drug-likeness (QED) is 0.752. The van der Waals surface area contributed by atoms with Gasteiger partial charge in [-0.1, -0.05) is 30.4 Å². The number of phenolic OH excluding ortho intramolecular Hbond substituents is 1. The maximum atomic E-state index is 15.0. The number of allylic oxidation sites excluding steroid dienone is 2. The van der Waals surface area contributed by atoms with E-state index in [0.29, 0.717) is 35.6 Å². The molecule has 0 amide bonds. The van der Waals surface area contributed by atoms with Crippen LogP contribution in [0.3, 0.4) is 0 Å². The molecular formula is C22H22F2O2. The second kappa shape index (κ2) is 6.51. The van der Waals surface area contributed by atoms with Gasteiger partial charge in [-0.25, -0.2) is 8.78 Å². The summed E-state index contributed by atoms with van der Waals surface area (Å²) in [5, 5.41) is 9.96. The van der Waals surface area contributed by atoms with Crippen molar-refractivity contribution in [3.63, 3.8) is 0 Å². The van der Waals surface area contributed by atoms with E-state index >= 15 is 0 Å². The van der Waals surface area contributed by atoms with Crippen molar-refractivity contribution in [2.24, 2.45) is 5.92 Å². The average molecular weight is 356 g/mol. The molecule has 2 nitrogen and oxygen atoms in total. The number of hydrogen-bond donors (Lipinski definition) is 1. The molecule has 2 bridgehead atoms. The molecule has 1 fully saturated rings. The zero-order valence-electron chi connectivity index (χ0n) is 14.8. The minimum Gasteiger partial charge on any atom is -0.508 e. The molecular weight excluding hydrogens is 334 g/mol. The third-order valence-electron chi connectivity index (χ3n) is 5.86. The van der Waals surface area contributed by atoms with E-state index in [2.05, 4.69) is 12.2 Å². The Kier molecular flexibility index (Phi) is 4.31. The van der Waals surface area contributed by atoms with Gasteiger partial charge in [-0.15, -0.1) is 0 Å². The first-order valence-electron chi connectivity index (χ1n) is 9.03. The van der Waals surface area contributed by atoms with Crippen LogP contribution in [0.1, 0.15) is 30.4 Å². The van der Waals surface area contributed by atoms with Crippen LogP contribution < -0.4 is 0 Å². The third-order valence-corrected chi connectivity index (χ3v) is 5.86. The first kappa shape index (κ1) is 17.2. The molecule has 136 valence electrons. The van der Waals surface area contributed by atoms with Gasteiger partial charge in [0.2, 0.25) is 0 Å². The minimum atomic E-state index is -0.816. The predicted molar refractivity (Wildman–Crippen MR) is 97.2 cm³/mol. The Bertz CT molecular complexity index is 875. The Morgan fingerprint density at radius 1 is 1.19 bits per heavy atom. The van der Waals surface area contributed by atoms with Crippen molar-refractivity contribution in [2.75, 3.05) is 13.7 Å². The second-order valence-electron chi connectivity index (χ2n) is 7.39. The second-order valence-corrected chi connectivity index (χ2v) is 7.39. The van der Waals surface area contributed by atoms with E-state index in [1.54, 1.807) is 31.4 Å². The van der Waals surface area contributed by atoms with Crippen LogP contribution >= 0.6 is 0 Å². The van der Waals surface area contributed by atoms with E-state index in [0.717, 1.165) is 19.3 Å². The molecule has 2 aliphatic carbocycles. The predicted octanol–water partition coefficient (Wildman–Crippen LogP) is 5.13. The van der Waals surface area contributed by atoms with Gasteiger partial charge in [-0.2, -0.15) is 0 Å². The number of aromatic hydroxyl groups is 1. The van der Waals surface area contributed by atoms with Crippen LogP contribution in [0.2, 0.25) is 0 Å². The summed E-state index contributed by atoms with van der Waals surface area (Å²) in [6, 6.07) is 8.22. The van der Waals surface area contributed by atoms with Gasteiger partial charge in [-0.05, 0) is 54.9 Å². The summed E-state index contributed by atoms with van der Waals surface area (Å²) in [7, 11) is 1.58. The van der Waals surface area contributed by atoms with Crippen molar-refractivity contribution >= 4 is 0 Å². The van der Waals surface area contributed by atoms with E-state index in [9.17, 15) is 13.9 Å². The molecule has 1 unspecified atom stereocenters. The lowest BCUT2D eigenvalue weighted by atomic mass is 9.79. The fourth-order valence-corrected chi connectivity index (χ4v) is 4.41. The lowest BCUT2D eigenvalue weighted by Gasteiger charge is -2.25. The van der Waals surface area contributed by atoms with E-state index in [1.807, 2.05) is 0 Å². The van der Waals surface area contributed by atoms with Crippen LogP contribution in [-0.4, -0.2) is 18.8 Å². The highest BCUT2D eigenvalue weighted by atomic mass is 19.2. The Balaban J connectivity index is 1.73. The number of benzene rings is 2. The first-order chi connectivity index (χ1) is 12.5. The Morgan fingerprint density at radius 2 is 2.04 bits per heavy atom. The summed E-state index contributed by atoms with van der Waals surface area (Å²) in [4.78, 5) is 0. The fourth-order valence-electron chi connectivity index (χ4n) is 4.41. The highest BCUT2D eigenvalue weighted by molar-refractivity contribution is 5.67. The Labute approximate surface area is 152 Å². The maximum absolute atomic E-state index is 15.0. The number of halogens is 2. The van der Waals surface area contributed by atoms with Crippen molar-refractivity contribution in [1.29, 1.82) is 0 Å². The zero-order valence-corrected chi connectivity index (χ0v) is 14.8. The van der Waals surface area contributed by atoms with Crippen molar-refractivity contribution in [2.45, 2.75) is 31.1 Å². The summed E-state index contributed by atoms with van der Waals surface area (Å²) in [5.41, 5.74) is 1.56. The smallest absolute Gasteiger partial charge is 0.166 e. The lowest BCUT2D eigenvalue weighted by Crippen LogP contribution is -2.20. The molecule has 2 aromatic rings. The summed E-state index contributed by atoms with van der Waals surface area (Å²) in [5.74, 6) is -0.932. The molecule has 1 N–H and O–H groups in total. The Morgan fingerprint density at radius 3 is 2.69 bits per heavy atom. The van der Waals surface area contributed by atoms with E-state index in [-0.39, 0.29) is 16.7 Å². The normalized spacial score (nSPS) is 23.7. The third kappa shape index (κ3) is 2.73. The molecule has 2 aromatic carbocycles. The summed E-state index contributed by atoms with van der Waals surface area (Å²) in [6.07, 6.45) is 7.50. The van der Waals surface area contributed by atoms with Crippen LogP contribution in [-0.2, 0) is 16.6 Å². The van der Waals surface area contributed by atoms with Gasteiger partial charge < -0.3 is 9.84 Å². The standard InChI is InChI=1S/C22H22F2O2/c1-26-11-8-16-12-15(2-5-19(16)25)17-3-4-18(21(24)20(17)23)22-9-6-14(13-22)7-10-22/h2-6,9,12,14,25H,7-8,10-11,13H2,1H3/t14?,22-/m1/s1. The molecule has 0 saturated heterocycles. The molecule has 0 radical (unpaired) electrons. The highest BCUT2D eigenvalue weighted by Crippen LogP contribution is 2.52. The van der Waals surface area contributed by atoms with E-state index in [4.69, 9.17) is 4.74 Å². The average Bonchev–Trinajstić information content (AvgIpc) is 3.25. The first-order valence-corrected chi connectivity index (χ1v) is 9.03. The van der Waals surface area contributed by atoms with Gasteiger partial charge in [0, 0.05) is 23.7 Å². The zero-order chi connectivity index (χ0) is 18.3. The number of ether oxygens (including phenoxy) is 1. The van der Waals surface area contributed by atoms with Crippen molar-refractivity contribution in [3.8, 4) is 16.9 Å². The maximum Gasteiger partial charge on any atom is 0.166 e. The van der Waals surface area contributed by atoms with E-state index in [1.165, 1.54) is 6.07 Å². The van der Waals surface area contributed by atoms with Crippen molar-refractivity contribution in [3.05, 3.63) is 65.2 Å². The molecule has 2 aliphatic rings. The monoisotopic (exact) mass is 356 g/mol. The number of methoxy groups -OCH3 is 1. The van der Waals surface area contributed by atoms with Gasteiger partial charge in [0.1, 0.15) is 5.75 Å². The summed E-state index contributed by atoms with van der Waals surface area (Å²) >= 11 is 0. The number of phenols is 1.